The fourth-order valence-corrected chi connectivity index (χ4v) is 4.85. The number of hydrogen-bond acceptors (Lipinski definition) is 1. The highest BCUT2D eigenvalue weighted by Gasteiger charge is 2.40. The van der Waals surface area contributed by atoms with Gasteiger partial charge in [-0.05, 0) is 55.9 Å². The molecule has 22 heavy (non-hydrogen) atoms. The van der Waals surface area contributed by atoms with Crippen LogP contribution in [0.2, 0.25) is 0 Å². The van der Waals surface area contributed by atoms with Crippen molar-refractivity contribution in [1.29, 1.82) is 0 Å². The minimum atomic E-state index is 0.594. The minimum Gasteiger partial charge on any atom is -0.355 e. The molecule has 1 fully saturated rings. The van der Waals surface area contributed by atoms with Gasteiger partial charge in [0.25, 0.3) is 0 Å². The van der Waals surface area contributed by atoms with Crippen molar-refractivity contribution in [1.82, 2.24) is 9.88 Å². The summed E-state index contributed by atoms with van der Waals surface area (Å²) < 4.78 is 0. The van der Waals surface area contributed by atoms with Crippen LogP contribution in [-0.2, 0) is 0 Å². The predicted octanol–water partition coefficient (Wildman–Crippen LogP) is 4.61. The molecule has 5 rings (SSSR count). The number of piperidine rings is 1. The Morgan fingerprint density at radius 2 is 2.09 bits per heavy atom. The van der Waals surface area contributed by atoms with Crippen molar-refractivity contribution in [2.24, 2.45) is 11.8 Å². The molecule has 0 saturated carbocycles. The number of benzene rings is 1. The molecule has 0 amide bonds. The van der Waals surface area contributed by atoms with Gasteiger partial charge in [0.1, 0.15) is 0 Å². The molecule has 116 valence electrons. The molecule has 2 heteroatoms. The van der Waals surface area contributed by atoms with Crippen LogP contribution >= 0.6 is 0 Å². The lowest BCUT2D eigenvalue weighted by molar-refractivity contribution is 0.112. The van der Waals surface area contributed by atoms with Gasteiger partial charge in [0.15, 0.2) is 0 Å². The molecule has 3 aliphatic rings. The number of aryl methyl sites for hydroxylation is 1. The van der Waals surface area contributed by atoms with Crippen LogP contribution in [0, 0.1) is 18.8 Å². The van der Waals surface area contributed by atoms with Crippen molar-refractivity contribution in [2.75, 3.05) is 13.6 Å². The standard InChI is InChI=1S/C20H26N2/c1-4-7-15-10-14-11-17(20(15)22(3)12-14)19-13(2)16-8-5-6-9-18(16)21-19/h5-6,8-9,11,14-15,20-21H,4,7,10,12H2,1-3H3. The van der Waals surface area contributed by atoms with Gasteiger partial charge in [-0.3, -0.25) is 4.90 Å². The monoisotopic (exact) mass is 294 g/mol. The third-order valence-electron chi connectivity index (χ3n) is 5.70. The Labute approximate surface area is 133 Å². The number of fused-ring (bicyclic) bond motifs is 3. The van der Waals surface area contributed by atoms with Gasteiger partial charge in [-0.15, -0.1) is 0 Å². The Morgan fingerprint density at radius 3 is 2.82 bits per heavy atom. The van der Waals surface area contributed by atoms with Gasteiger partial charge >= 0.3 is 0 Å². The Kier molecular flexibility index (Phi) is 3.37. The highest BCUT2D eigenvalue weighted by molar-refractivity contribution is 5.90. The topological polar surface area (TPSA) is 19.0 Å². The quantitative estimate of drug-likeness (QED) is 0.876. The second-order valence-corrected chi connectivity index (χ2v) is 7.22. The molecule has 1 N–H and O–H groups in total. The van der Waals surface area contributed by atoms with E-state index in [2.05, 4.69) is 61.1 Å². The van der Waals surface area contributed by atoms with Crippen molar-refractivity contribution in [2.45, 2.75) is 39.2 Å². The van der Waals surface area contributed by atoms with Crippen LogP contribution in [0.5, 0.6) is 0 Å². The van der Waals surface area contributed by atoms with Gasteiger partial charge < -0.3 is 4.98 Å². The van der Waals surface area contributed by atoms with Crippen molar-refractivity contribution in [3.63, 3.8) is 0 Å². The Bertz CT molecular complexity index is 724. The average Bonchev–Trinajstić information content (AvgIpc) is 2.85. The number of H-pyrrole nitrogens is 1. The normalized spacial score (nSPS) is 28.3. The Morgan fingerprint density at radius 1 is 1.27 bits per heavy atom. The summed E-state index contributed by atoms with van der Waals surface area (Å²) in [6, 6.07) is 9.28. The number of aromatic amines is 1. The van der Waals surface area contributed by atoms with E-state index >= 15 is 0 Å². The number of para-hydroxylation sites is 1. The van der Waals surface area contributed by atoms with Gasteiger partial charge in [-0.25, -0.2) is 0 Å². The van der Waals surface area contributed by atoms with E-state index in [1.165, 1.54) is 48.0 Å². The molecule has 2 aliphatic heterocycles. The van der Waals surface area contributed by atoms with Crippen LogP contribution in [0.4, 0.5) is 0 Å². The van der Waals surface area contributed by atoms with E-state index in [-0.39, 0.29) is 0 Å². The highest BCUT2D eigenvalue weighted by Crippen LogP contribution is 2.44. The van der Waals surface area contributed by atoms with Gasteiger partial charge in [0.05, 0.1) is 0 Å². The molecule has 3 unspecified atom stereocenters. The molecular weight excluding hydrogens is 268 g/mol. The molecule has 0 radical (unpaired) electrons. The van der Waals surface area contributed by atoms with Gasteiger partial charge in [0.2, 0.25) is 0 Å². The largest absolute Gasteiger partial charge is 0.355 e. The molecule has 3 heterocycles. The molecule has 0 spiro atoms. The maximum atomic E-state index is 3.71. The maximum absolute atomic E-state index is 3.71. The second kappa shape index (κ2) is 5.27. The summed E-state index contributed by atoms with van der Waals surface area (Å²) in [5.41, 5.74) is 5.62. The number of nitrogens with one attached hydrogen (secondary N) is 1. The fourth-order valence-electron chi connectivity index (χ4n) is 4.85. The van der Waals surface area contributed by atoms with E-state index in [9.17, 15) is 0 Å². The zero-order chi connectivity index (χ0) is 15.3. The van der Waals surface area contributed by atoms with Crippen LogP contribution in [0.15, 0.2) is 30.3 Å². The van der Waals surface area contributed by atoms with Crippen LogP contribution in [-0.4, -0.2) is 29.5 Å². The van der Waals surface area contributed by atoms with Crippen molar-refractivity contribution in [3.05, 3.63) is 41.6 Å². The highest BCUT2D eigenvalue weighted by atomic mass is 15.2. The average molecular weight is 294 g/mol. The third kappa shape index (κ3) is 2.04. The first-order valence-corrected chi connectivity index (χ1v) is 8.68. The molecule has 1 aliphatic carbocycles. The van der Waals surface area contributed by atoms with Crippen molar-refractivity contribution >= 4 is 16.5 Å². The summed E-state index contributed by atoms with van der Waals surface area (Å²) in [6.07, 6.45) is 6.59. The molecule has 1 aromatic heterocycles. The molecule has 1 aromatic carbocycles. The number of rotatable bonds is 3. The summed E-state index contributed by atoms with van der Waals surface area (Å²) >= 11 is 0. The summed E-state index contributed by atoms with van der Waals surface area (Å²) in [5, 5.41) is 1.37. The summed E-state index contributed by atoms with van der Waals surface area (Å²) in [5.74, 6) is 1.55. The smallest absolute Gasteiger partial charge is 0.0466 e. The lowest BCUT2D eigenvalue weighted by atomic mass is 9.71. The van der Waals surface area contributed by atoms with Crippen LogP contribution < -0.4 is 0 Å². The molecule has 2 nitrogen and oxygen atoms in total. The number of hydrogen-bond donors (Lipinski definition) is 1. The summed E-state index contributed by atoms with van der Waals surface area (Å²) in [7, 11) is 2.31. The number of nitrogens with zero attached hydrogens (tertiary/aromatic N) is 1. The zero-order valence-electron chi connectivity index (χ0n) is 13.9. The van der Waals surface area contributed by atoms with E-state index in [0.717, 1.165) is 11.8 Å². The third-order valence-corrected chi connectivity index (χ3v) is 5.70. The maximum Gasteiger partial charge on any atom is 0.0466 e. The van der Waals surface area contributed by atoms with E-state index in [1.54, 1.807) is 5.57 Å². The number of likely N-dealkylation sites (N-methyl/N-ethyl adjacent to an activating group) is 1. The lowest BCUT2D eigenvalue weighted by Crippen LogP contribution is -2.50. The lowest BCUT2D eigenvalue weighted by Gasteiger charge is -2.48. The van der Waals surface area contributed by atoms with E-state index in [0.29, 0.717) is 6.04 Å². The fraction of sp³-hybridized carbons (Fsp3) is 0.500. The van der Waals surface area contributed by atoms with E-state index in [1.807, 2.05) is 0 Å². The van der Waals surface area contributed by atoms with Crippen molar-refractivity contribution in [3.8, 4) is 0 Å². The van der Waals surface area contributed by atoms with E-state index < -0.39 is 0 Å². The van der Waals surface area contributed by atoms with Gasteiger partial charge in [-0.2, -0.15) is 0 Å². The molecule has 3 atom stereocenters. The summed E-state index contributed by atoms with van der Waals surface area (Å²) in [6.45, 7) is 5.82. The van der Waals surface area contributed by atoms with E-state index in [4.69, 9.17) is 0 Å². The Hall–Kier alpha value is -1.54. The van der Waals surface area contributed by atoms with Gasteiger partial charge in [0, 0.05) is 29.2 Å². The van der Waals surface area contributed by atoms with Gasteiger partial charge in [-0.1, -0.05) is 37.6 Å². The Balaban J connectivity index is 1.82. The van der Waals surface area contributed by atoms with Crippen LogP contribution in [0.1, 0.15) is 37.4 Å². The summed E-state index contributed by atoms with van der Waals surface area (Å²) in [4.78, 5) is 6.30. The molecular formula is C20H26N2. The second-order valence-electron chi connectivity index (χ2n) is 7.22. The molecule has 2 bridgehead atoms. The van der Waals surface area contributed by atoms with Crippen molar-refractivity contribution < 1.29 is 0 Å². The predicted molar refractivity (Wildman–Crippen MR) is 93.9 cm³/mol. The SMILES string of the molecule is CCCC1CC2C=C(c3[nH]c4ccccc4c3C)C1N(C)C2. The first kappa shape index (κ1) is 14.1. The molecule has 1 saturated heterocycles. The zero-order valence-corrected chi connectivity index (χ0v) is 13.9. The van der Waals surface area contributed by atoms with Crippen LogP contribution in [0.25, 0.3) is 16.5 Å². The number of aromatic nitrogens is 1. The van der Waals surface area contributed by atoms with Crippen LogP contribution in [0.3, 0.4) is 0 Å². The molecule has 2 aromatic rings. The minimum absolute atomic E-state index is 0.594. The first-order valence-electron chi connectivity index (χ1n) is 8.68. The first-order chi connectivity index (χ1) is 10.7.